The second-order valence-electron chi connectivity index (χ2n) is 6.29. The average Bonchev–Trinajstić information content (AvgIpc) is 2.83. The number of benzene rings is 2. The van der Waals surface area contributed by atoms with Gasteiger partial charge in [0.25, 0.3) is 5.91 Å². The van der Waals surface area contributed by atoms with Gasteiger partial charge in [-0.05, 0) is 32.0 Å². The zero-order valence-corrected chi connectivity index (χ0v) is 13.6. The molecule has 2 aromatic rings. The van der Waals surface area contributed by atoms with Crippen LogP contribution in [0.1, 0.15) is 35.3 Å². The summed E-state index contributed by atoms with van der Waals surface area (Å²) in [5.41, 5.74) is 0.892. The Morgan fingerprint density at radius 3 is 2.83 bits per heavy atom. The van der Waals surface area contributed by atoms with Crippen molar-refractivity contribution >= 4 is 17.8 Å². The fourth-order valence-corrected chi connectivity index (χ4v) is 3.50. The van der Waals surface area contributed by atoms with Crippen LogP contribution in [0.5, 0.6) is 5.75 Å². The number of ether oxygens (including phenoxy) is 1. The summed E-state index contributed by atoms with van der Waals surface area (Å²) in [6.45, 7) is 4.24. The molecule has 0 saturated heterocycles. The lowest BCUT2D eigenvalue weighted by atomic mass is 9.92. The molecule has 1 amide bonds. The Morgan fingerprint density at radius 2 is 2.04 bits per heavy atom. The van der Waals surface area contributed by atoms with Crippen LogP contribution in [0, 0.1) is 0 Å². The number of aliphatic hydroxyl groups is 1. The van der Waals surface area contributed by atoms with E-state index in [0.717, 1.165) is 0 Å². The van der Waals surface area contributed by atoms with E-state index in [0.29, 0.717) is 34.7 Å². The van der Waals surface area contributed by atoms with Gasteiger partial charge in [-0.15, -0.1) is 0 Å². The lowest BCUT2D eigenvalue weighted by Crippen LogP contribution is -2.48. The lowest BCUT2D eigenvalue weighted by molar-refractivity contribution is -0.0637. The van der Waals surface area contributed by atoms with Gasteiger partial charge in [0, 0.05) is 28.9 Å². The number of rotatable bonds is 2. The minimum atomic E-state index is -1.51. The molecule has 1 atom stereocenters. The molecule has 0 aromatic heterocycles. The van der Waals surface area contributed by atoms with Crippen LogP contribution in [-0.2, 0) is 5.72 Å². The van der Waals surface area contributed by atoms with E-state index in [2.05, 4.69) is 4.99 Å². The molecule has 0 radical (unpaired) electrons. The molecule has 2 aliphatic heterocycles. The van der Waals surface area contributed by atoms with Crippen LogP contribution in [0.15, 0.2) is 47.5 Å². The Bertz CT molecular complexity index is 859. The van der Waals surface area contributed by atoms with Crippen molar-refractivity contribution in [1.82, 2.24) is 4.90 Å². The normalized spacial score (nSPS) is 21.7. The number of nitrogens with zero attached hydrogens (tertiary/aromatic N) is 2. The third-order valence-corrected chi connectivity index (χ3v) is 4.52. The topological polar surface area (TPSA) is 62.1 Å². The minimum absolute atomic E-state index is 0.161. The van der Waals surface area contributed by atoms with Crippen molar-refractivity contribution in [3.63, 3.8) is 0 Å². The van der Waals surface area contributed by atoms with Crippen LogP contribution in [-0.4, -0.2) is 34.8 Å². The van der Waals surface area contributed by atoms with E-state index in [1.165, 1.54) is 4.90 Å². The van der Waals surface area contributed by atoms with E-state index < -0.39 is 5.72 Å². The first kappa shape index (κ1) is 14.9. The largest absolute Gasteiger partial charge is 0.486 e. The van der Waals surface area contributed by atoms with Crippen LogP contribution >= 0.6 is 0 Å². The maximum Gasteiger partial charge on any atom is 0.257 e. The van der Waals surface area contributed by atoms with Crippen LogP contribution in [0.3, 0.4) is 0 Å². The van der Waals surface area contributed by atoms with Gasteiger partial charge in [0.15, 0.2) is 5.72 Å². The van der Waals surface area contributed by atoms with Crippen molar-refractivity contribution in [2.45, 2.75) is 25.6 Å². The predicted molar refractivity (Wildman–Crippen MR) is 90.8 cm³/mol. The molecule has 0 bridgehead atoms. The molecule has 0 saturated carbocycles. The Morgan fingerprint density at radius 1 is 1.25 bits per heavy atom. The van der Waals surface area contributed by atoms with Gasteiger partial charge in [0.05, 0.1) is 0 Å². The van der Waals surface area contributed by atoms with Crippen molar-refractivity contribution in [3.8, 4) is 5.75 Å². The molecule has 0 aliphatic carbocycles. The average molecular weight is 322 g/mol. The molecular formula is C19H18N2O3. The fraction of sp³-hybridized carbons (Fsp3) is 0.263. The van der Waals surface area contributed by atoms with Crippen molar-refractivity contribution in [2.24, 2.45) is 4.99 Å². The summed E-state index contributed by atoms with van der Waals surface area (Å²) in [5.74, 6) is 0.513. The Kier molecular flexibility index (Phi) is 3.21. The van der Waals surface area contributed by atoms with Crippen LogP contribution < -0.4 is 4.74 Å². The SMILES string of the molecule is CC(C)N1C(=O)c2ccccc2C1(O)c1ccc2c(c1)N=CCO2. The summed E-state index contributed by atoms with van der Waals surface area (Å²) in [6.07, 6.45) is 1.68. The molecule has 1 unspecified atom stereocenters. The highest BCUT2D eigenvalue weighted by Gasteiger charge is 2.50. The summed E-state index contributed by atoms with van der Waals surface area (Å²) in [4.78, 5) is 18.7. The molecule has 0 spiro atoms. The monoisotopic (exact) mass is 322 g/mol. The maximum atomic E-state index is 12.8. The Balaban J connectivity index is 1.94. The van der Waals surface area contributed by atoms with E-state index >= 15 is 0 Å². The van der Waals surface area contributed by atoms with Crippen LogP contribution in [0.2, 0.25) is 0 Å². The maximum absolute atomic E-state index is 12.8. The smallest absolute Gasteiger partial charge is 0.257 e. The number of amides is 1. The zero-order chi connectivity index (χ0) is 16.9. The molecule has 122 valence electrons. The van der Waals surface area contributed by atoms with Gasteiger partial charge < -0.3 is 9.84 Å². The van der Waals surface area contributed by atoms with E-state index in [1.54, 1.807) is 36.5 Å². The van der Waals surface area contributed by atoms with E-state index in [1.807, 2.05) is 26.0 Å². The van der Waals surface area contributed by atoms with Gasteiger partial charge in [-0.3, -0.25) is 14.7 Å². The lowest BCUT2D eigenvalue weighted by Gasteiger charge is -2.37. The predicted octanol–water partition coefficient (Wildman–Crippen LogP) is 2.84. The first-order valence-electron chi connectivity index (χ1n) is 7.99. The third-order valence-electron chi connectivity index (χ3n) is 4.52. The van der Waals surface area contributed by atoms with Crippen molar-refractivity contribution in [2.75, 3.05) is 6.61 Å². The molecule has 1 N–H and O–H groups in total. The zero-order valence-electron chi connectivity index (χ0n) is 13.6. The summed E-state index contributed by atoms with van der Waals surface area (Å²) in [6, 6.07) is 12.4. The van der Waals surface area contributed by atoms with Crippen LogP contribution in [0.4, 0.5) is 5.69 Å². The number of hydrogen-bond acceptors (Lipinski definition) is 4. The highest BCUT2D eigenvalue weighted by atomic mass is 16.5. The Labute approximate surface area is 140 Å². The summed E-state index contributed by atoms with van der Waals surface area (Å²) < 4.78 is 5.53. The second-order valence-corrected chi connectivity index (χ2v) is 6.29. The number of fused-ring (bicyclic) bond motifs is 2. The van der Waals surface area contributed by atoms with Gasteiger partial charge >= 0.3 is 0 Å². The number of hydrogen-bond donors (Lipinski definition) is 1. The number of carbonyl (C=O) groups excluding carboxylic acids is 1. The molecule has 0 fully saturated rings. The number of aliphatic imine (C=N–C) groups is 1. The molecule has 24 heavy (non-hydrogen) atoms. The molecule has 2 heterocycles. The molecule has 5 heteroatoms. The van der Waals surface area contributed by atoms with Crippen LogP contribution in [0.25, 0.3) is 0 Å². The summed E-state index contributed by atoms with van der Waals surface area (Å²) >= 11 is 0. The highest BCUT2D eigenvalue weighted by Crippen LogP contribution is 2.45. The fourth-order valence-electron chi connectivity index (χ4n) is 3.50. The van der Waals surface area contributed by atoms with Gasteiger partial charge in [-0.25, -0.2) is 0 Å². The van der Waals surface area contributed by atoms with Crippen molar-refractivity contribution in [1.29, 1.82) is 0 Å². The van der Waals surface area contributed by atoms with Crippen molar-refractivity contribution < 1.29 is 14.6 Å². The van der Waals surface area contributed by atoms with E-state index in [-0.39, 0.29) is 11.9 Å². The third kappa shape index (κ3) is 1.91. The van der Waals surface area contributed by atoms with E-state index in [9.17, 15) is 9.90 Å². The molecule has 5 nitrogen and oxygen atoms in total. The van der Waals surface area contributed by atoms with E-state index in [4.69, 9.17) is 4.74 Å². The van der Waals surface area contributed by atoms with Gasteiger partial charge in [-0.2, -0.15) is 0 Å². The Hall–Kier alpha value is -2.66. The quantitative estimate of drug-likeness (QED) is 0.925. The molecular weight excluding hydrogens is 304 g/mol. The van der Waals surface area contributed by atoms with Gasteiger partial charge in [0.1, 0.15) is 18.0 Å². The summed E-state index contributed by atoms with van der Waals surface area (Å²) in [7, 11) is 0. The first-order chi connectivity index (χ1) is 11.5. The van der Waals surface area contributed by atoms with Gasteiger partial charge in [0.2, 0.25) is 0 Å². The van der Waals surface area contributed by atoms with Gasteiger partial charge in [-0.1, -0.05) is 24.3 Å². The summed E-state index contributed by atoms with van der Waals surface area (Å²) in [5, 5.41) is 11.6. The van der Waals surface area contributed by atoms with Crippen molar-refractivity contribution in [3.05, 3.63) is 59.2 Å². The second kappa shape index (κ2) is 5.18. The first-order valence-corrected chi connectivity index (χ1v) is 7.99. The number of carbonyl (C=O) groups is 1. The minimum Gasteiger partial charge on any atom is -0.486 e. The standard InChI is InChI=1S/C19H18N2O3/c1-12(2)21-18(22)14-5-3-4-6-15(14)19(21,23)13-7-8-17-16(11-13)20-9-10-24-17/h3-9,11-12,23H,10H2,1-2H3. The molecule has 2 aromatic carbocycles. The molecule has 4 rings (SSSR count). The molecule has 2 aliphatic rings. The highest BCUT2D eigenvalue weighted by molar-refractivity contribution is 6.00.